The Kier molecular flexibility index (Phi) is 6.89. The van der Waals surface area contributed by atoms with E-state index >= 15 is 0 Å². The van der Waals surface area contributed by atoms with E-state index in [0.29, 0.717) is 0 Å². The lowest BCUT2D eigenvalue weighted by Gasteiger charge is -2.39. The molecule has 1 aliphatic rings. The fourth-order valence-corrected chi connectivity index (χ4v) is 2.52. The van der Waals surface area contributed by atoms with Gasteiger partial charge in [-0.05, 0) is 38.1 Å². The first-order valence-electron chi connectivity index (χ1n) is 7.28. The van der Waals surface area contributed by atoms with E-state index in [9.17, 15) is 0 Å². The number of piperidine rings is 1. The van der Waals surface area contributed by atoms with Gasteiger partial charge in [0.2, 0.25) is 0 Å². The number of hydrogen-bond donors (Lipinski definition) is 1. The van der Waals surface area contributed by atoms with Crippen LogP contribution in [0.15, 0.2) is 30.3 Å². The average molecular weight is 264 g/mol. The van der Waals surface area contributed by atoms with Crippen LogP contribution in [-0.2, 0) is 4.74 Å². The van der Waals surface area contributed by atoms with E-state index in [0.717, 1.165) is 32.5 Å². The lowest BCUT2D eigenvalue weighted by atomic mass is 9.91. The number of anilines is 1. The zero-order chi connectivity index (χ0) is 14.1. The van der Waals surface area contributed by atoms with Crippen LogP contribution in [0.25, 0.3) is 0 Å². The van der Waals surface area contributed by atoms with E-state index in [2.05, 4.69) is 41.5 Å². The summed E-state index contributed by atoms with van der Waals surface area (Å²) in [7, 11) is 3.97. The summed E-state index contributed by atoms with van der Waals surface area (Å²) in [6.07, 6.45) is 2.17. The molecule has 1 aromatic carbocycles. The van der Waals surface area contributed by atoms with Gasteiger partial charge in [0, 0.05) is 26.4 Å². The molecule has 0 unspecified atom stereocenters. The smallest absolute Gasteiger partial charge is 0.0876 e. The molecule has 0 amide bonds. The number of methoxy groups -OCH3 is 1. The van der Waals surface area contributed by atoms with Crippen LogP contribution in [0.4, 0.5) is 5.69 Å². The maximum absolute atomic E-state index is 5.79. The van der Waals surface area contributed by atoms with E-state index < -0.39 is 0 Å². The number of hydrogen-bond acceptors (Lipinski definition) is 3. The topological polar surface area (TPSA) is 24.5 Å². The average Bonchev–Trinajstić information content (AvgIpc) is 2.51. The van der Waals surface area contributed by atoms with Gasteiger partial charge in [0.05, 0.1) is 5.60 Å². The maximum Gasteiger partial charge on any atom is 0.0876 e. The lowest BCUT2D eigenvalue weighted by Crippen LogP contribution is -2.50. The predicted molar refractivity (Wildman–Crippen MR) is 82.9 cm³/mol. The third-order valence-corrected chi connectivity index (χ3v) is 3.67. The molecule has 1 aromatic rings. The molecule has 0 saturated carbocycles. The zero-order valence-corrected chi connectivity index (χ0v) is 12.8. The Morgan fingerprint density at radius 1 is 1.16 bits per heavy atom. The molecule has 19 heavy (non-hydrogen) atoms. The fourth-order valence-electron chi connectivity index (χ4n) is 2.52. The summed E-state index contributed by atoms with van der Waals surface area (Å²) in [5, 5.41) is 3.39. The highest BCUT2D eigenvalue weighted by Gasteiger charge is 2.33. The standard InChI is InChI=1S/C14H22N2O.C2H6/c1-16(13-6-4-3-5-7-13)12-14(17-2)8-10-15-11-9-14;1-2/h3-7,15H,8-12H2,1-2H3;1-2H3. The van der Waals surface area contributed by atoms with Crippen molar-refractivity contribution in [2.75, 3.05) is 38.7 Å². The Hall–Kier alpha value is -1.06. The van der Waals surface area contributed by atoms with Gasteiger partial charge in [0.25, 0.3) is 0 Å². The molecule has 108 valence electrons. The van der Waals surface area contributed by atoms with Gasteiger partial charge < -0.3 is 15.0 Å². The Morgan fingerprint density at radius 3 is 2.26 bits per heavy atom. The van der Waals surface area contributed by atoms with Crippen LogP contribution in [-0.4, -0.2) is 39.4 Å². The molecule has 1 heterocycles. The second-order valence-electron chi connectivity index (χ2n) is 4.83. The van der Waals surface area contributed by atoms with Crippen molar-refractivity contribution in [1.82, 2.24) is 5.32 Å². The molecule has 0 aromatic heterocycles. The molecule has 1 aliphatic heterocycles. The van der Waals surface area contributed by atoms with Gasteiger partial charge in [0.15, 0.2) is 0 Å². The number of ether oxygens (including phenoxy) is 1. The Labute approximate surface area is 118 Å². The molecular weight excluding hydrogens is 236 g/mol. The molecule has 3 heteroatoms. The third kappa shape index (κ3) is 4.51. The minimum absolute atomic E-state index is 0.00976. The highest BCUT2D eigenvalue weighted by molar-refractivity contribution is 5.45. The highest BCUT2D eigenvalue weighted by atomic mass is 16.5. The lowest BCUT2D eigenvalue weighted by molar-refractivity contribution is -0.0266. The van der Waals surface area contributed by atoms with E-state index in [-0.39, 0.29) is 5.60 Å². The monoisotopic (exact) mass is 264 g/mol. The summed E-state index contributed by atoms with van der Waals surface area (Å²) in [6, 6.07) is 10.5. The van der Waals surface area contributed by atoms with Gasteiger partial charge in [-0.2, -0.15) is 0 Å². The Bertz CT molecular complexity index is 334. The molecular formula is C16H28N2O. The van der Waals surface area contributed by atoms with Gasteiger partial charge in [-0.15, -0.1) is 0 Å². The summed E-state index contributed by atoms with van der Waals surface area (Å²) in [6.45, 7) is 7.06. The van der Waals surface area contributed by atoms with Crippen molar-refractivity contribution in [1.29, 1.82) is 0 Å². The first-order chi connectivity index (χ1) is 9.26. The summed E-state index contributed by atoms with van der Waals surface area (Å²) >= 11 is 0. The molecule has 1 N–H and O–H groups in total. The summed E-state index contributed by atoms with van der Waals surface area (Å²) in [4.78, 5) is 2.29. The molecule has 0 atom stereocenters. The third-order valence-electron chi connectivity index (χ3n) is 3.67. The Morgan fingerprint density at radius 2 is 1.74 bits per heavy atom. The number of nitrogens with zero attached hydrogens (tertiary/aromatic N) is 1. The molecule has 1 saturated heterocycles. The van der Waals surface area contributed by atoms with Crippen LogP contribution in [0, 0.1) is 0 Å². The van der Waals surface area contributed by atoms with Crippen molar-refractivity contribution in [2.24, 2.45) is 0 Å². The second-order valence-corrected chi connectivity index (χ2v) is 4.83. The van der Waals surface area contributed by atoms with Crippen molar-refractivity contribution in [2.45, 2.75) is 32.3 Å². The molecule has 0 radical (unpaired) electrons. The van der Waals surface area contributed by atoms with Gasteiger partial charge >= 0.3 is 0 Å². The van der Waals surface area contributed by atoms with Crippen molar-refractivity contribution in [3.8, 4) is 0 Å². The number of para-hydroxylation sites is 1. The van der Waals surface area contributed by atoms with Crippen LogP contribution in [0.3, 0.4) is 0 Å². The van der Waals surface area contributed by atoms with E-state index in [1.54, 1.807) is 0 Å². The number of benzene rings is 1. The first-order valence-corrected chi connectivity index (χ1v) is 7.28. The van der Waals surface area contributed by atoms with Crippen molar-refractivity contribution in [3.63, 3.8) is 0 Å². The SMILES string of the molecule is CC.COC1(CN(C)c2ccccc2)CCNCC1. The predicted octanol–water partition coefficient (Wildman–Crippen LogP) is 2.92. The van der Waals surface area contributed by atoms with E-state index in [4.69, 9.17) is 4.74 Å². The normalized spacial score (nSPS) is 17.3. The Balaban J connectivity index is 0.000000861. The highest BCUT2D eigenvalue weighted by Crippen LogP contribution is 2.25. The van der Waals surface area contributed by atoms with E-state index in [1.807, 2.05) is 27.0 Å². The minimum atomic E-state index is 0.00976. The largest absolute Gasteiger partial charge is 0.376 e. The van der Waals surface area contributed by atoms with Gasteiger partial charge in [-0.25, -0.2) is 0 Å². The van der Waals surface area contributed by atoms with Gasteiger partial charge in [-0.3, -0.25) is 0 Å². The fraction of sp³-hybridized carbons (Fsp3) is 0.625. The molecule has 1 fully saturated rings. The van der Waals surface area contributed by atoms with Crippen LogP contribution in [0.1, 0.15) is 26.7 Å². The first kappa shape index (κ1) is 16.0. The molecule has 3 nitrogen and oxygen atoms in total. The summed E-state index contributed by atoms with van der Waals surface area (Å²) in [5.74, 6) is 0. The van der Waals surface area contributed by atoms with Gasteiger partial charge in [0.1, 0.15) is 0 Å². The van der Waals surface area contributed by atoms with E-state index in [1.165, 1.54) is 5.69 Å². The van der Waals surface area contributed by atoms with Gasteiger partial charge in [-0.1, -0.05) is 32.0 Å². The van der Waals surface area contributed by atoms with Crippen LogP contribution >= 0.6 is 0 Å². The van der Waals surface area contributed by atoms with Crippen molar-refractivity contribution < 1.29 is 4.74 Å². The quantitative estimate of drug-likeness (QED) is 0.905. The summed E-state index contributed by atoms with van der Waals surface area (Å²) in [5.41, 5.74) is 1.26. The van der Waals surface area contributed by atoms with Crippen LogP contribution < -0.4 is 10.2 Å². The second kappa shape index (κ2) is 8.18. The number of likely N-dealkylation sites (N-methyl/N-ethyl adjacent to an activating group) is 1. The molecule has 0 spiro atoms. The molecule has 2 rings (SSSR count). The summed E-state index contributed by atoms with van der Waals surface area (Å²) < 4.78 is 5.79. The zero-order valence-electron chi connectivity index (χ0n) is 12.8. The van der Waals surface area contributed by atoms with Crippen LogP contribution in [0.2, 0.25) is 0 Å². The molecule has 0 aliphatic carbocycles. The van der Waals surface area contributed by atoms with Crippen molar-refractivity contribution >= 4 is 5.69 Å². The molecule has 0 bridgehead atoms. The van der Waals surface area contributed by atoms with Crippen molar-refractivity contribution in [3.05, 3.63) is 30.3 Å². The minimum Gasteiger partial charge on any atom is -0.376 e. The van der Waals surface area contributed by atoms with Crippen LogP contribution in [0.5, 0.6) is 0 Å². The number of nitrogens with one attached hydrogen (secondary N) is 1. The maximum atomic E-state index is 5.79. The number of rotatable bonds is 4.